The molecule has 0 saturated heterocycles. The Bertz CT molecular complexity index is 901. The van der Waals surface area contributed by atoms with Gasteiger partial charge >= 0.3 is 0 Å². The molecule has 3 aromatic rings. The molecule has 0 aliphatic heterocycles. The van der Waals surface area contributed by atoms with Crippen molar-refractivity contribution in [3.63, 3.8) is 0 Å². The fourth-order valence-electron chi connectivity index (χ4n) is 3.65. The Balaban J connectivity index is 1.45. The van der Waals surface area contributed by atoms with E-state index in [4.69, 9.17) is 9.47 Å². The molecule has 0 N–H and O–H groups in total. The second-order valence-corrected chi connectivity index (χ2v) is 6.99. The van der Waals surface area contributed by atoms with E-state index in [0.29, 0.717) is 6.61 Å². The summed E-state index contributed by atoms with van der Waals surface area (Å²) in [6.07, 6.45) is 1.94. The molecule has 0 spiro atoms. The zero-order valence-corrected chi connectivity index (χ0v) is 15.3. The van der Waals surface area contributed by atoms with Crippen LogP contribution in [0, 0.1) is 0 Å². The first kappa shape index (κ1) is 17.3. The van der Waals surface area contributed by atoms with Gasteiger partial charge < -0.3 is 14.3 Å². The van der Waals surface area contributed by atoms with Crippen molar-refractivity contribution >= 4 is 6.29 Å². The Morgan fingerprint density at radius 2 is 1.59 bits per heavy atom. The van der Waals surface area contributed by atoms with Crippen molar-refractivity contribution < 1.29 is 14.3 Å². The van der Waals surface area contributed by atoms with Crippen LogP contribution in [0.2, 0.25) is 0 Å². The fraction of sp³-hybridized carbons (Fsp3) is 0.208. The maximum atomic E-state index is 11.9. The predicted molar refractivity (Wildman–Crippen MR) is 105 cm³/mol. The van der Waals surface area contributed by atoms with E-state index in [1.165, 1.54) is 5.56 Å². The molecule has 136 valence electrons. The first-order chi connectivity index (χ1) is 13.2. The summed E-state index contributed by atoms with van der Waals surface area (Å²) in [6.45, 7) is 0.549. The molecule has 3 aromatic carbocycles. The van der Waals surface area contributed by atoms with Crippen LogP contribution in [0.4, 0.5) is 0 Å². The largest absolute Gasteiger partial charge is 0.497 e. The summed E-state index contributed by atoms with van der Waals surface area (Å²) in [4.78, 5) is 11.9. The van der Waals surface area contributed by atoms with E-state index < -0.39 is 5.41 Å². The minimum atomic E-state index is -0.418. The molecule has 0 heterocycles. The Morgan fingerprint density at radius 3 is 2.22 bits per heavy atom. The van der Waals surface area contributed by atoms with Crippen molar-refractivity contribution in [2.24, 2.45) is 0 Å². The highest BCUT2D eigenvalue weighted by molar-refractivity contribution is 5.77. The number of carbonyl (C=O) groups excluding carboxylic acids is 1. The molecule has 0 amide bonds. The standard InChI is InChI=1S/C24H22O3/c1-26-21-13-9-20(10-14-21)24(17-25)15-23(24)19-7-11-22(12-8-19)27-16-18-5-3-2-4-6-18/h2-14,17,23H,15-16H2,1H3. The fourth-order valence-corrected chi connectivity index (χ4v) is 3.65. The number of hydrogen-bond donors (Lipinski definition) is 0. The van der Waals surface area contributed by atoms with Gasteiger partial charge in [-0.05, 0) is 47.4 Å². The number of methoxy groups -OCH3 is 1. The van der Waals surface area contributed by atoms with Crippen LogP contribution in [0.25, 0.3) is 0 Å². The van der Waals surface area contributed by atoms with Gasteiger partial charge in [0.15, 0.2) is 0 Å². The molecule has 4 rings (SSSR count). The Labute approximate surface area is 159 Å². The molecule has 1 aliphatic carbocycles. The number of aldehydes is 1. The van der Waals surface area contributed by atoms with Crippen molar-refractivity contribution in [1.29, 1.82) is 0 Å². The molecule has 0 bridgehead atoms. The predicted octanol–water partition coefficient (Wildman–Crippen LogP) is 4.90. The molecule has 3 nitrogen and oxygen atoms in total. The molecular formula is C24H22O3. The van der Waals surface area contributed by atoms with Gasteiger partial charge in [-0.1, -0.05) is 54.6 Å². The number of benzene rings is 3. The quantitative estimate of drug-likeness (QED) is 0.564. The highest BCUT2D eigenvalue weighted by atomic mass is 16.5. The summed E-state index contributed by atoms with van der Waals surface area (Å²) >= 11 is 0. The molecule has 0 aromatic heterocycles. The van der Waals surface area contributed by atoms with Gasteiger partial charge in [-0.2, -0.15) is 0 Å². The Morgan fingerprint density at radius 1 is 0.926 bits per heavy atom. The molecule has 0 radical (unpaired) electrons. The lowest BCUT2D eigenvalue weighted by molar-refractivity contribution is -0.110. The average molecular weight is 358 g/mol. The first-order valence-electron chi connectivity index (χ1n) is 9.13. The van der Waals surface area contributed by atoms with Gasteiger partial charge in [0.1, 0.15) is 24.4 Å². The van der Waals surface area contributed by atoms with Crippen LogP contribution >= 0.6 is 0 Å². The lowest BCUT2D eigenvalue weighted by atomic mass is 9.92. The van der Waals surface area contributed by atoms with Crippen LogP contribution in [0.15, 0.2) is 78.9 Å². The highest BCUT2D eigenvalue weighted by Crippen LogP contribution is 2.59. The monoisotopic (exact) mass is 358 g/mol. The molecule has 1 fully saturated rings. The van der Waals surface area contributed by atoms with Gasteiger partial charge in [-0.15, -0.1) is 0 Å². The minimum Gasteiger partial charge on any atom is -0.497 e. The summed E-state index contributed by atoms with van der Waals surface area (Å²) in [6, 6.07) is 26.0. The average Bonchev–Trinajstić information content (AvgIpc) is 3.49. The van der Waals surface area contributed by atoms with Crippen LogP contribution in [-0.2, 0) is 16.8 Å². The van der Waals surface area contributed by atoms with E-state index in [0.717, 1.165) is 35.3 Å². The Kier molecular flexibility index (Phi) is 4.68. The summed E-state index contributed by atoms with van der Waals surface area (Å²) < 4.78 is 11.1. The molecule has 2 atom stereocenters. The van der Waals surface area contributed by atoms with Crippen LogP contribution in [0.1, 0.15) is 29.0 Å². The van der Waals surface area contributed by atoms with Crippen LogP contribution in [0.3, 0.4) is 0 Å². The number of hydrogen-bond acceptors (Lipinski definition) is 3. The third kappa shape index (κ3) is 3.45. The number of ether oxygens (including phenoxy) is 2. The van der Waals surface area contributed by atoms with Gasteiger partial charge in [0.2, 0.25) is 0 Å². The van der Waals surface area contributed by atoms with Crippen molar-refractivity contribution in [2.45, 2.75) is 24.4 Å². The second-order valence-electron chi connectivity index (χ2n) is 6.99. The smallest absolute Gasteiger partial charge is 0.131 e. The van der Waals surface area contributed by atoms with E-state index in [9.17, 15) is 4.79 Å². The summed E-state index contributed by atoms with van der Waals surface area (Å²) in [5, 5.41) is 0. The maximum Gasteiger partial charge on any atom is 0.131 e. The highest BCUT2D eigenvalue weighted by Gasteiger charge is 2.56. The third-order valence-electron chi connectivity index (χ3n) is 5.37. The normalized spacial score (nSPS) is 20.7. The minimum absolute atomic E-state index is 0.214. The van der Waals surface area contributed by atoms with Crippen LogP contribution < -0.4 is 9.47 Å². The number of carbonyl (C=O) groups is 1. The van der Waals surface area contributed by atoms with E-state index in [-0.39, 0.29) is 5.92 Å². The summed E-state index contributed by atoms with van der Waals surface area (Å²) in [5.41, 5.74) is 2.94. The molecule has 1 aliphatic rings. The van der Waals surface area contributed by atoms with Gasteiger partial charge in [0.25, 0.3) is 0 Å². The topological polar surface area (TPSA) is 35.5 Å². The lowest BCUT2D eigenvalue weighted by Crippen LogP contribution is -2.11. The maximum absolute atomic E-state index is 11.9. The van der Waals surface area contributed by atoms with Crippen LogP contribution in [0.5, 0.6) is 11.5 Å². The van der Waals surface area contributed by atoms with E-state index >= 15 is 0 Å². The molecular weight excluding hydrogens is 336 g/mol. The second kappa shape index (κ2) is 7.28. The Hall–Kier alpha value is -3.07. The first-order valence-corrected chi connectivity index (χ1v) is 9.13. The summed E-state index contributed by atoms with van der Waals surface area (Å²) in [7, 11) is 1.64. The SMILES string of the molecule is COc1ccc(C2(C=O)CC2c2ccc(OCc3ccccc3)cc2)cc1. The van der Waals surface area contributed by atoms with Crippen LogP contribution in [-0.4, -0.2) is 13.4 Å². The third-order valence-corrected chi connectivity index (χ3v) is 5.37. The number of rotatable bonds is 7. The summed E-state index contributed by atoms with van der Waals surface area (Å²) in [5.74, 6) is 1.85. The van der Waals surface area contributed by atoms with E-state index in [1.807, 2.05) is 66.7 Å². The van der Waals surface area contributed by atoms with Crippen molar-refractivity contribution in [1.82, 2.24) is 0 Å². The zero-order valence-electron chi connectivity index (χ0n) is 15.3. The lowest BCUT2D eigenvalue weighted by Gasteiger charge is -2.12. The molecule has 1 saturated carbocycles. The van der Waals surface area contributed by atoms with Crippen molar-refractivity contribution in [3.05, 3.63) is 95.6 Å². The molecule has 3 heteroatoms. The van der Waals surface area contributed by atoms with Crippen molar-refractivity contribution in [3.8, 4) is 11.5 Å². The van der Waals surface area contributed by atoms with E-state index in [1.54, 1.807) is 7.11 Å². The van der Waals surface area contributed by atoms with Crippen molar-refractivity contribution in [2.75, 3.05) is 7.11 Å². The van der Waals surface area contributed by atoms with Gasteiger partial charge in [-0.25, -0.2) is 0 Å². The van der Waals surface area contributed by atoms with E-state index in [2.05, 4.69) is 12.1 Å². The molecule has 2 unspecified atom stereocenters. The van der Waals surface area contributed by atoms with Gasteiger partial charge in [0, 0.05) is 5.92 Å². The molecule has 27 heavy (non-hydrogen) atoms. The van der Waals surface area contributed by atoms with Gasteiger partial charge in [-0.3, -0.25) is 0 Å². The zero-order chi connectivity index (χ0) is 18.7. The van der Waals surface area contributed by atoms with Gasteiger partial charge in [0.05, 0.1) is 12.5 Å².